The molecule has 1 rings (SSSR count). The van der Waals surface area contributed by atoms with Crippen molar-refractivity contribution in [3.8, 4) is 0 Å². The van der Waals surface area contributed by atoms with E-state index >= 15 is 0 Å². The quantitative estimate of drug-likeness (QED) is 0.782. The van der Waals surface area contributed by atoms with Gasteiger partial charge in [-0.2, -0.15) is 0 Å². The summed E-state index contributed by atoms with van der Waals surface area (Å²) in [6.07, 6.45) is 0.0831. The first kappa shape index (κ1) is 15.7. The molecule has 1 aromatic rings. The van der Waals surface area contributed by atoms with Crippen molar-refractivity contribution in [2.24, 2.45) is 0 Å². The number of carbonyl (C=O) groups is 1. The predicted octanol–water partition coefficient (Wildman–Crippen LogP) is 0.679. The smallest absolute Gasteiger partial charge is 0.242 e. The number of nitrogens with zero attached hydrogens (tertiary/aromatic N) is 1. The first-order valence-corrected chi connectivity index (χ1v) is 7.35. The molecule has 0 aliphatic rings. The maximum atomic E-state index is 12.0. The third-order valence-corrected chi connectivity index (χ3v) is 4.16. The molecular formula is C11H16ClN3O3S. The molecule has 1 aromatic carbocycles. The summed E-state index contributed by atoms with van der Waals surface area (Å²) in [6.45, 7) is 0.0153. The fourth-order valence-electron chi connectivity index (χ4n) is 1.36. The van der Waals surface area contributed by atoms with E-state index < -0.39 is 10.0 Å². The summed E-state index contributed by atoms with van der Waals surface area (Å²) in [4.78, 5) is 12.7. The van der Waals surface area contributed by atoms with Gasteiger partial charge < -0.3 is 10.6 Å². The topological polar surface area (TPSA) is 92.5 Å². The Morgan fingerprint density at radius 3 is 2.58 bits per heavy atom. The van der Waals surface area contributed by atoms with Crippen molar-refractivity contribution in [2.45, 2.75) is 11.3 Å². The summed E-state index contributed by atoms with van der Waals surface area (Å²) >= 11 is 5.70. The molecule has 106 valence electrons. The molecule has 0 bridgehead atoms. The molecular weight excluding hydrogens is 290 g/mol. The normalized spacial score (nSPS) is 11.3. The fourth-order valence-corrected chi connectivity index (χ4v) is 2.68. The summed E-state index contributed by atoms with van der Waals surface area (Å²) in [5.41, 5.74) is 5.68. The Bertz CT molecular complexity index is 573. The predicted molar refractivity (Wildman–Crippen MR) is 74.4 cm³/mol. The van der Waals surface area contributed by atoms with Crippen LogP contribution in [0.4, 0.5) is 5.69 Å². The largest absolute Gasteiger partial charge is 0.398 e. The van der Waals surface area contributed by atoms with Gasteiger partial charge in [0, 0.05) is 32.1 Å². The van der Waals surface area contributed by atoms with E-state index in [-0.39, 0.29) is 29.5 Å². The van der Waals surface area contributed by atoms with E-state index in [1.807, 2.05) is 0 Å². The number of anilines is 1. The molecule has 0 spiro atoms. The molecule has 0 atom stereocenters. The lowest BCUT2D eigenvalue weighted by Gasteiger charge is -2.11. The third kappa shape index (κ3) is 4.38. The molecule has 19 heavy (non-hydrogen) atoms. The number of nitrogens with one attached hydrogen (secondary N) is 1. The van der Waals surface area contributed by atoms with Crippen molar-refractivity contribution in [3.63, 3.8) is 0 Å². The molecule has 0 saturated carbocycles. The number of sulfonamides is 1. The van der Waals surface area contributed by atoms with Crippen molar-refractivity contribution in [1.29, 1.82) is 0 Å². The van der Waals surface area contributed by atoms with Crippen molar-refractivity contribution in [3.05, 3.63) is 23.2 Å². The number of halogens is 1. The number of nitrogen functional groups attached to an aromatic ring is 1. The van der Waals surface area contributed by atoms with Crippen LogP contribution in [0.3, 0.4) is 0 Å². The van der Waals surface area contributed by atoms with E-state index in [4.69, 9.17) is 17.3 Å². The molecule has 0 aromatic heterocycles. The number of hydrogen-bond donors (Lipinski definition) is 2. The fraction of sp³-hybridized carbons (Fsp3) is 0.364. The van der Waals surface area contributed by atoms with Crippen LogP contribution in [0.15, 0.2) is 23.1 Å². The van der Waals surface area contributed by atoms with Crippen LogP contribution in [0.1, 0.15) is 6.42 Å². The van der Waals surface area contributed by atoms with Crippen LogP contribution in [-0.4, -0.2) is 39.9 Å². The zero-order valence-corrected chi connectivity index (χ0v) is 12.3. The Kier molecular flexibility index (Phi) is 5.16. The van der Waals surface area contributed by atoms with Crippen LogP contribution < -0.4 is 10.5 Å². The van der Waals surface area contributed by atoms with Gasteiger partial charge in [-0.15, -0.1) is 0 Å². The number of amides is 1. The molecule has 6 nitrogen and oxygen atoms in total. The molecule has 0 heterocycles. The molecule has 0 aliphatic carbocycles. The lowest BCUT2D eigenvalue weighted by Crippen LogP contribution is -2.30. The molecule has 8 heteroatoms. The number of hydrogen-bond acceptors (Lipinski definition) is 4. The van der Waals surface area contributed by atoms with Crippen LogP contribution in [0.2, 0.25) is 5.02 Å². The highest BCUT2D eigenvalue weighted by atomic mass is 35.5. The third-order valence-electron chi connectivity index (χ3n) is 2.39. The molecule has 0 radical (unpaired) electrons. The van der Waals surface area contributed by atoms with Gasteiger partial charge >= 0.3 is 0 Å². The average Bonchev–Trinajstić information content (AvgIpc) is 2.27. The maximum absolute atomic E-state index is 12.0. The Balaban J connectivity index is 2.74. The maximum Gasteiger partial charge on any atom is 0.242 e. The number of carbonyl (C=O) groups excluding carboxylic acids is 1. The average molecular weight is 306 g/mol. The summed E-state index contributed by atoms with van der Waals surface area (Å²) < 4.78 is 26.2. The van der Waals surface area contributed by atoms with Crippen molar-refractivity contribution in [2.75, 3.05) is 26.4 Å². The highest BCUT2D eigenvalue weighted by molar-refractivity contribution is 7.89. The zero-order chi connectivity index (χ0) is 14.6. The van der Waals surface area contributed by atoms with Crippen LogP contribution in [0.25, 0.3) is 0 Å². The number of nitrogens with two attached hydrogens (primary N) is 1. The second kappa shape index (κ2) is 6.23. The lowest BCUT2D eigenvalue weighted by molar-refractivity contribution is -0.128. The summed E-state index contributed by atoms with van der Waals surface area (Å²) in [5, 5.41) is 0.360. The Morgan fingerprint density at radius 2 is 2.05 bits per heavy atom. The van der Waals surface area contributed by atoms with E-state index in [1.54, 1.807) is 14.1 Å². The minimum absolute atomic E-state index is 0.0153. The second-order valence-corrected chi connectivity index (χ2v) is 6.29. The summed E-state index contributed by atoms with van der Waals surface area (Å²) in [7, 11) is -0.523. The molecule has 0 unspecified atom stereocenters. The summed E-state index contributed by atoms with van der Waals surface area (Å²) in [5.74, 6) is -0.160. The monoisotopic (exact) mass is 305 g/mol. The first-order valence-electron chi connectivity index (χ1n) is 5.49. The van der Waals surface area contributed by atoms with Gasteiger partial charge in [-0.1, -0.05) is 11.6 Å². The van der Waals surface area contributed by atoms with Gasteiger partial charge in [-0.05, 0) is 18.2 Å². The van der Waals surface area contributed by atoms with Gasteiger partial charge in [0.05, 0.1) is 5.69 Å². The molecule has 3 N–H and O–H groups in total. The molecule has 0 saturated heterocycles. The molecule has 1 amide bonds. The van der Waals surface area contributed by atoms with Gasteiger partial charge in [0.15, 0.2) is 0 Å². The van der Waals surface area contributed by atoms with Crippen molar-refractivity contribution >= 4 is 33.2 Å². The highest BCUT2D eigenvalue weighted by Crippen LogP contribution is 2.22. The Labute approximate surface area is 117 Å². The van der Waals surface area contributed by atoms with Gasteiger partial charge in [-0.25, -0.2) is 13.1 Å². The summed E-state index contributed by atoms with van der Waals surface area (Å²) in [6, 6.07) is 4.13. The van der Waals surface area contributed by atoms with Crippen LogP contribution >= 0.6 is 11.6 Å². The number of benzene rings is 1. The highest BCUT2D eigenvalue weighted by Gasteiger charge is 2.17. The van der Waals surface area contributed by atoms with E-state index in [9.17, 15) is 13.2 Å². The minimum Gasteiger partial charge on any atom is -0.398 e. The van der Waals surface area contributed by atoms with E-state index in [2.05, 4.69) is 4.72 Å². The van der Waals surface area contributed by atoms with Crippen molar-refractivity contribution in [1.82, 2.24) is 9.62 Å². The van der Waals surface area contributed by atoms with Gasteiger partial charge in [0.25, 0.3) is 0 Å². The van der Waals surface area contributed by atoms with Crippen molar-refractivity contribution < 1.29 is 13.2 Å². The standard InChI is InChI=1S/C11H16ClN3O3S/c1-15(2)11(16)5-6-14-19(17,18)10-4-3-8(12)7-9(10)13/h3-4,7,14H,5-6,13H2,1-2H3. The van der Waals surface area contributed by atoms with E-state index in [0.29, 0.717) is 5.02 Å². The Morgan fingerprint density at radius 1 is 1.42 bits per heavy atom. The Hall–Kier alpha value is -1.31. The SMILES string of the molecule is CN(C)C(=O)CCNS(=O)(=O)c1ccc(Cl)cc1N. The van der Waals surface area contributed by atoms with E-state index in [1.165, 1.54) is 23.1 Å². The van der Waals surface area contributed by atoms with Crippen LogP contribution in [-0.2, 0) is 14.8 Å². The first-order chi connectivity index (χ1) is 8.74. The van der Waals surface area contributed by atoms with Crippen LogP contribution in [0.5, 0.6) is 0 Å². The van der Waals surface area contributed by atoms with Gasteiger partial charge in [-0.3, -0.25) is 4.79 Å². The van der Waals surface area contributed by atoms with E-state index in [0.717, 1.165) is 0 Å². The number of rotatable bonds is 5. The van der Waals surface area contributed by atoms with Crippen LogP contribution in [0, 0.1) is 0 Å². The van der Waals surface area contributed by atoms with Gasteiger partial charge in [0.1, 0.15) is 4.90 Å². The zero-order valence-electron chi connectivity index (χ0n) is 10.7. The van der Waals surface area contributed by atoms with Gasteiger partial charge in [0.2, 0.25) is 15.9 Å². The minimum atomic E-state index is -3.73. The molecule has 0 aliphatic heterocycles. The lowest BCUT2D eigenvalue weighted by atomic mass is 10.3. The molecule has 0 fully saturated rings. The second-order valence-electron chi connectivity index (χ2n) is 4.12.